The third kappa shape index (κ3) is 6.58. The third-order valence-electron chi connectivity index (χ3n) is 4.10. The van der Waals surface area contributed by atoms with Gasteiger partial charge in [0.1, 0.15) is 0 Å². The smallest absolute Gasteiger partial charge is 0.0721 e. The summed E-state index contributed by atoms with van der Waals surface area (Å²) in [7, 11) is 0. The molecular weight excluding hydrogens is 328 g/mol. The van der Waals surface area contributed by atoms with Gasteiger partial charge in [0.25, 0.3) is 0 Å². The molecule has 0 atom stereocenters. The number of benzene rings is 4. The molecular formula is C26H24O. The second-order valence-electron chi connectivity index (χ2n) is 6.20. The zero-order valence-electron chi connectivity index (χ0n) is 15.4. The van der Waals surface area contributed by atoms with Crippen LogP contribution in [0.2, 0.25) is 0 Å². The van der Waals surface area contributed by atoms with Gasteiger partial charge in [-0.3, -0.25) is 0 Å². The SMILES string of the molecule is c1ccc(-c2ccccc2)cc1.c1ccc(COCc2ccccc2)cc1. The molecule has 0 bridgehead atoms. The summed E-state index contributed by atoms with van der Waals surface area (Å²) in [5.74, 6) is 0. The van der Waals surface area contributed by atoms with Crippen molar-refractivity contribution in [3.8, 4) is 11.1 Å². The van der Waals surface area contributed by atoms with Gasteiger partial charge in [0.2, 0.25) is 0 Å². The summed E-state index contributed by atoms with van der Waals surface area (Å²) in [5, 5.41) is 0. The highest BCUT2D eigenvalue weighted by molar-refractivity contribution is 5.62. The lowest BCUT2D eigenvalue weighted by atomic mass is 10.1. The summed E-state index contributed by atoms with van der Waals surface area (Å²) >= 11 is 0. The van der Waals surface area contributed by atoms with E-state index >= 15 is 0 Å². The maximum atomic E-state index is 5.61. The van der Waals surface area contributed by atoms with Gasteiger partial charge in [-0.2, -0.15) is 0 Å². The molecule has 134 valence electrons. The van der Waals surface area contributed by atoms with E-state index in [1.807, 2.05) is 48.5 Å². The predicted octanol–water partition coefficient (Wildman–Crippen LogP) is 6.76. The van der Waals surface area contributed by atoms with Crippen LogP contribution in [0.3, 0.4) is 0 Å². The Morgan fingerprint density at radius 1 is 0.370 bits per heavy atom. The highest BCUT2D eigenvalue weighted by Gasteiger charge is 1.93. The van der Waals surface area contributed by atoms with Gasteiger partial charge in [-0.1, -0.05) is 121 Å². The predicted molar refractivity (Wildman–Crippen MR) is 113 cm³/mol. The van der Waals surface area contributed by atoms with Crippen LogP contribution in [0.4, 0.5) is 0 Å². The summed E-state index contributed by atoms with van der Waals surface area (Å²) in [6.07, 6.45) is 0. The van der Waals surface area contributed by atoms with Gasteiger partial charge in [-0.15, -0.1) is 0 Å². The molecule has 0 heterocycles. The van der Waals surface area contributed by atoms with Crippen molar-refractivity contribution in [2.45, 2.75) is 13.2 Å². The Kier molecular flexibility index (Phi) is 7.41. The Bertz CT molecular complexity index is 795. The number of hydrogen-bond donors (Lipinski definition) is 0. The van der Waals surface area contributed by atoms with Crippen molar-refractivity contribution in [1.29, 1.82) is 0 Å². The molecule has 4 aromatic rings. The van der Waals surface area contributed by atoms with Crippen LogP contribution in [0.1, 0.15) is 11.1 Å². The third-order valence-corrected chi connectivity index (χ3v) is 4.10. The molecule has 0 radical (unpaired) electrons. The monoisotopic (exact) mass is 352 g/mol. The molecule has 4 rings (SSSR count). The summed E-state index contributed by atoms with van der Waals surface area (Å²) in [6, 6.07) is 41.2. The van der Waals surface area contributed by atoms with Crippen LogP contribution < -0.4 is 0 Å². The quantitative estimate of drug-likeness (QED) is 0.386. The number of ether oxygens (including phenoxy) is 1. The normalized spacial score (nSPS) is 9.93. The standard InChI is InChI=1S/C14H14O.C12H10/c1-3-7-13(8-4-1)11-15-12-14-9-5-2-6-10-14;1-3-7-11(8-4-1)12-9-5-2-6-10-12/h1-10H,11-12H2;1-10H. The van der Waals surface area contributed by atoms with Crippen molar-refractivity contribution in [2.75, 3.05) is 0 Å². The molecule has 0 saturated heterocycles. The number of hydrogen-bond acceptors (Lipinski definition) is 1. The second-order valence-corrected chi connectivity index (χ2v) is 6.20. The van der Waals surface area contributed by atoms with Gasteiger partial charge in [0.05, 0.1) is 13.2 Å². The van der Waals surface area contributed by atoms with Crippen LogP contribution in [0.5, 0.6) is 0 Å². The van der Waals surface area contributed by atoms with Crippen molar-refractivity contribution in [2.24, 2.45) is 0 Å². The molecule has 0 aliphatic heterocycles. The lowest BCUT2D eigenvalue weighted by Gasteiger charge is -2.03. The van der Waals surface area contributed by atoms with Gasteiger partial charge >= 0.3 is 0 Å². The van der Waals surface area contributed by atoms with Crippen LogP contribution in [-0.4, -0.2) is 0 Å². The minimum Gasteiger partial charge on any atom is -0.372 e. The molecule has 0 aliphatic carbocycles. The van der Waals surface area contributed by atoms with Crippen molar-refractivity contribution in [3.05, 3.63) is 132 Å². The summed E-state index contributed by atoms with van der Waals surface area (Å²) in [4.78, 5) is 0. The molecule has 4 aromatic carbocycles. The van der Waals surface area contributed by atoms with E-state index in [0.717, 1.165) is 0 Å². The lowest BCUT2D eigenvalue weighted by Crippen LogP contribution is -1.93. The highest BCUT2D eigenvalue weighted by atomic mass is 16.5. The Hall–Kier alpha value is -3.16. The van der Waals surface area contributed by atoms with Gasteiger partial charge in [-0.05, 0) is 22.3 Å². The first-order valence-corrected chi connectivity index (χ1v) is 9.18. The van der Waals surface area contributed by atoms with Crippen molar-refractivity contribution in [3.63, 3.8) is 0 Å². The molecule has 0 saturated carbocycles. The first-order valence-electron chi connectivity index (χ1n) is 9.18. The van der Waals surface area contributed by atoms with Crippen LogP contribution in [-0.2, 0) is 18.0 Å². The zero-order chi connectivity index (χ0) is 18.6. The van der Waals surface area contributed by atoms with Gasteiger partial charge < -0.3 is 4.74 Å². The minimum atomic E-state index is 0.676. The van der Waals surface area contributed by atoms with Crippen LogP contribution in [0, 0.1) is 0 Å². The topological polar surface area (TPSA) is 9.23 Å². The van der Waals surface area contributed by atoms with Crippen LogP contribution >= 0.6 is 0 Å². The van der Waals surface area contributed by atoms with Crippen molar-refractivity contribution < 1.29 is 4.74 Å². The fraction of sp³-hybridized carbons (Fsp3) is 0.0769. The molecule has 0 amide bonds. The first-order chi connectivity index (χ1) is 13.4. The lowest BCUT2D eigenvalue weighted by molar-refractivity contribution is 0.107. The maximum Gasteiger partial charge on any atom is 0.0721 e. The maximum absolute atomic E-state index is 5.61. The van der Waals surface area contributed by atoms with Crippen molar-refractivity contribution >= 4 is 0 Å². The van der Waals surface area contributed by atoms with Gasteiger partial charge in [-0.25, -0.2) is 0 Å². The molecule has 0 N–H and O–H groups in total. The Morgan fingerprint density at radius 3 is 1.00 bits per heavy atom. The fourth-order valence-corrected chi connectivity index (χ4v) is 2.70. The second kappa shape index (κ2) is 10.7. The molecule has 1 nitrogen and oxygen atoms in total. The van der Waals surface area contributed by atoms with Gasteiger partial charge in [0, 0.05) is 0 Å². The Balaban J connectivity index is 0.000000159. The van der Waals surface area contributed by atoms with E-state index in [0.29, 0.717) is 13.2 Å². The summed E-state index contributed by atoms with van der Waals surface area (Å²) in [5.41, 5.74) is 4.98. The largest absolute Gasteiger partial charge is 0.372 e. The highest BCUT2D eigenvalue weighted by Crippen LogP contribution is 2.17. The fourth-order valence-electron chi connectivity index (χ4n) is 2.70. The van der Waals surface area contributed by atoms with Crippen LogP contribution in [0.15, 0.2) is 121 Å². The average Bonchev–Trinajstić information content (AvgIpc) is 2.77. The van der Waals surface area contributed by atoms with E-state index in [1.54, 1.807) is 0 Å². The van der Waals surface area contributed by atoms with E-state index in [4.69, 9.17) is 4.74 Å². The summed E-state index contributed by atoms with van der Waals surface area (Å²) < 4.78 is 5.61. The summed E-state index contributed by atoms with van der Waals surface area (Å²) in [6.45, 7) is 1.35. The Labute approximate surface area is 161 Å². The van der Waals surface area contributed by atoms with E-state index in [9.17, 15) is 0 Å². The van der Waals surface area contributed by atoms with Gasteiger partial charge in [0.15, 0.2) is 0 Å². The molecule has 27 heavy (non-hydrogen) atoms. The molecule has 0 unspecified atom stereocenters. The molecule has 0 aliphatic rings. The van der Waals surface area contributed by atoms with E-state index < -0.39 is 0 Å². The molecule has 0 spiro atoms. The average molecular weight is 352 g/mol. The molecule has 0 aromatic heterocycles. The number of rotatable bonds is 5. The van der Waals surface area contributed by atoms with E-state index in [-0.39, 0.29) is 0 Å². The minimum absolute atomic E-state index is 0.676. The molecule has 0 fully saturated rings. The van der Waals surface area contributed by atoms with Crippen molar-refractivity contribution in [1.82, 2.24) is 0 Å². The Morgan fingerprint density at radius 2 is 0.667 bits per heavy atom. The zero-order valence-corrected chi connectivity index (χ0v) is 15.4. The van der Waals surface area contributed by atoms with E-state index in [1.165, 1.54) is 22.3 Å². The van der Waals surface area contributed by atoms with Crippen LogP contribution in [0.25, 0.3) is 11.1 Å². The molecule has 1 heteroatoms. The van der Waals surface area contributed by atoms with E-state index in [2.05, 4.69) is 72.8 Å². The first kappa shape index (κ1) is 18.6.